The van der Waals surface area contributed by atoms with Gasteiger partial charge in [0.05, 0.1) is 19.6 Å². The molecule has 0 unspecified atom stereocenters. The number of hydrogen-bond acceptors (Lipinski definition) is 4. The molecule has 0 saturated carbocycles. The number of carbonyl (C=O) groups excluding carboxylic acids is 1. The van der Waals surface area contributed by atoms with Crippen molar-refractivity contribution < 1.29 is 18.7 Å². The van der Waals surface area contributed by atoms with Crippen molar-refractivity contribution in [2.75, 3.05) is 39.4 Å². The van der Waals surface area contributed by atoms with Gasteiger partial charge in [-0.05, 0) is 49.2 Å². The van der Waals surface area contributed by atoms with Gasteiger partial charge in [0.2, 0.25) is 5.91 Å². The van der Waals surface area contributed by atoms with Gasteiger partial charge in [-0.3, -0.25) is 9.69 Å². The Labute approximate surface area is 172 Å². The summed E-state index contributed by atoms with van der Waals surface area (Å²) in [6.45, 7) is 8.80. The summed E-state index contributed by atoms with van der Waals surface area (Å²) in [6, 6.07) is 12.3. The maximum Gasteiger partial charge on any atom is 0.227 e. The van der Waals surface area contributed by atoms with Crippen molar-refractivity contribution in [2.24, 2.45) is 0 Å². The molecule has 1 aliphatic heterocycles. The fraction of sp³-hybridized carbons (Fsp3) is 0.435. The molecule has 1 amide bonds. The molecule has 2 aromatic carbocycles. The predicted octanol–water partition coefficient (Wildman–Crippen LogP) is 3.51. The first-order valence-electron chi connectivity index (χ1n) is 10.2. The van der Waals surface area contributed by atoms with E-state index < -0.39 is 0 Å². The Balaban J connectivity index is 1.52. The van der Waals surface area contributed by atoms with E-state index in [0.29, 0.717) is 44.2 Å². The number of rotatable bonds is 8. The van der Waals surface area contributed by atoms with Gasteiger partial charge < -0.3 is 14.4 Å². The van der Waals surface area contributed by atoms with E-state index in [1.165, 1.54) is 12.1 Å². The van der Waals surface area contributed by atoms with Crippen molar-refractivity contribution in [1.82, 2.24) is 9.80 Å². The van der Waals surface area contributed by atoms with E-state index in [4.69, 9.17) is 9.47 Å². The van der Waals surface area contributed by atoms with E-state index >= 15 is 0 Å². The smallest absolute Gasteiger partial charge is 0.227 e. The topological polar surface area (TPSA) is 42.0 Å². The molecule has 3 rings (SSSR count). The van der Waals surface area contributed by atoms with Crippen LogP contribution in [0.25, 0.3) is 0 Å². The van der Waals surface area contributed by atoms with Gasteiger partial charge >= 0.3 is 0 Å². The normalized spacial score (nSPS) is 14.7. The Morgan fingerprint density at radius 3 is 2.17 bits per heavy atom. The minimum atomic E-state index is -0.217. The first kappa shape index (κ1) is 21.1. The lowest BCUT2D eigenvalue weighted by Gasteiger charge is -2.35. The first-order valence-corrected chi connectivity index (χ1v) is 10.2. The molecule has 0 spiro atoms. The van der Waals surface area contributed by atoms with Crippen LogP contribution in [0.15, 0.2) is 42.5 Å². The summed E-state index contributed by atoms with van der Waals surface area (Å²) < 4.78 is 24.3. The van der Waals surface area contributed by atoms with Crippen molar-refractivity contribution in [3.05, 3.63) is 59.4 Å². The molecule has 1 saturated heterocycles. The Hall–Kier alpha value is -2.60. The summed E-state index contributed by atoms with van der Waals surface area (Å²) in [7, 11) is 0. The second-order valence-electron chi connectivity index (χ2n) is 7.11. The summed E-state index contributed by atoms with van der Waals surface area (Å²) in [5.41, 5.74) is 2.01. The van der Waals surface area contributed by atoms with Gasteiger partial charge in [0.1, 0.15) is 5.82 Å². The quantitative estimate of drug-likeness (QED) is 0.680. The van der Waals surface area contributed by atoms with E-state index in [1.807, 2.05) is 49.1 Å². The van der Waals surface area contributed by atoms with Crippen LogP contribution in [0.2, 0.25) is 0 Å². The Kier molecular flexibility index (Phi) is 7.47. The highest BCUT2D eigenvalue weighted by Gasteiger charge is 2.21. The van der Waals surface area contributed by atoms with Crippen LogP contribution in [0.5, 0.6) is 11.5 Å². The minimum Gasteiger partial charge on any atom is -0.490 e. The fourth-order valence-electron chi connectivity index (χ4n) is 3.50. The van der Waals surface area contributed by atoms with Crippen LogP contribution in [0, 0.1) is 5.82 Å². The SMILES string of the molecule is CCOc1ccc(CC(=O)N2CCN(Cc3ccc(F)cc3)CC2)cc1OCC. The highest BCUT2D eigenvalue weighted by molar-refractivity contribution is 5.79. The summed E-state index contributed by atoms with van der Waals surface area (Å²) in [4.78, 5) is 17.0. The lowest BCUT2D eigenvalue weighted by molar-refractivity contribution is -0.132. The van der Waals surface area contributed by atoms with Crippen LogP contribution in [0.3, 0.4) is 0 Å². The third kappa shape index (κ3) is 5.94. The van der Waals surface area contributed by atoms with Crippen molar-refractivity contribution in [2.45, 2.75) is 26.8 Å². The molecule has 0 N–H and O–H groups in total. The first-order chi connectivity index (χ1) is 14.1. The summed E-state index contributed by atoms with van der Waals surface area (Å²) in [5.74, 6) is 1.30. The van der Waals surface area contributed by atoms with E-state index in [-0.39, 0.29) is 11.7 Å². The maximum absolute atomic E-state index is 13.0. The van der Waals surface area contributed by atoms with Crippen molar-refractivity contribution in [1.29, 1.82) is 0 Å². The number of amides is 1. The van der Waals surface area contributed by atoms with Gasteiger partial charge in [-0.25, -0.2) is 4.39 Å². The Morgan fingerprint density at radius 1 is 0.897 bits per heavy atom. The van der Waals surface area contributed by atoms with Crippen LogP contribution in [-0.4, -0.2) is 55.1 Å². The molecule has 2 aromatic rings. The summed E-state index contributed by atoms with van der Waals surface area (Å²) >= 11 is 0. The molecule has 6 heteroatoms. The molecule has 0 atom stereocenters. The Morgan fingerprint density at radius 2 is 1.52 bits per heavy atom. The highest BCUT2D eigenvalue weighted by atomic mass is 19.1. The molecule has 1 heterocycles. The van der Waals surface area contributed by atoms with E-state index in [9.17, 15) is 9.18 Å². The second-order valence-corrected chi connectivity index (χ2v) is 7.11. The molecule has 0 radical (unpaired) electrons. The van der Waals surface area contributed by atoms with Crippen LogP contribution in [-0.2, 0) is 17.8 Å². The van der Waals surface area contributed by atoms with E-state index in [1.54, 1.807) is 0 Å². The van der Waals surface area contributed by atoms with E-state index in [0.717, 1.165) is 30.8 Å². The van der Waals surface area contributed by atoms with Crippen LogP contribution < -0.4 is 9.47 Å². The zero-order valence-electron chi connectivity index (χ0n) is 17.2. The zero-order valence-corrected chi connectivity index (χ0v) is 17.2. The average molecular weight is 400 g/mol. The molecule has 0 aromatic heterocycles. The largest absolute Gasteiger partial charge is 0.490 e. The van der Waals surface area contributed by atoms with Gasteiger partial charge in [0.15, 0.2) is 11.5 Å². The highest BCUT2D eigenvalue weighted by Crippen LogP contribution is 2.29. The number of benzene rings is 2. The number of halogens is 1. The third-order valence-corrected chi connectivity index (χ3v) is 5.01. The summed E-state index contributed by atoms with van der Waals surface area (Å²) in [6.07, 6.45) is 0.352. The summed E-state index contributed by atoms with van der Waals surface area (Å²) in [5, 5.41) is 0. The molecule has 0 aliphatic carbocycles. The lowest BCUT2D eigenvalue weighted by Crippen LogP contribution is -2.48. The number of nitrogens with zero attached hydrogens (tertiary/aromatic N) is 2. The van der Waals surface area contributed by atoms with Gasteiger partial charge in [0, 0.05) is 32.7 Å². The average Bonchev–Trinajstić information content (AvgIpc) is 2.72. The number of ether oxygens (including phenoxy) is 2. The Bertz CT molecular complexity index is 802. The fourth-order valence-corrected chi connectivity index (χ4v) is 3.50. The third-order valence-electron chi connectivity index (χ3n) is 5.01. The number of hydrogen-bond donors (Lipinski definition) is 0. The van der Waals surface area contributed by atoms with Gasteiger partial charge in [-0.1, -0.05) is 18.2 Å². The second kappa shape index (κ2) is 10.3. The number of carbonyl (C=O) groups is 1. The van der Waals surface area contributed by atoms with Crippen LogP contribution >= 0.6 is 0 Å². The molecule has 1 fully saturated rings. The van der Waals surface area contributed by atoms with Crippen LogP contribution in [0.1, 0.15) is 25.0 Å². The van der Waals surface area contributed by atoms with Gasteiger partial charge in [0.25, 0.3) is 0 Å². The number of piperazine rings is 1. The molecule has 5 nitrogen and oxygen atoms in total. The molecule has 156 valence electrons. The zero-order chi connectivity index (χ0) is 20.6. The molecule has 0 bridgehead atoms. The van der Waals surface area contributed by atoms with E-state index in [2.05, 4.69) is 4.90 Å². The standard InChI is InChI=1S/C23H29FN2O3/c1-3-28-21-10-7-19(15-22(21)29-4-2)16-23(27)26-13-11-25(12-14-26)17-18-5-8-20(24)9-6-18/h5-10,15H,3-4,11-14,16-17H2,1-2H3. The molecular weight excluding hydrogens is 371 g/mol. The predicted molar refractivity (Wildman–Crippen MR) is 111 cm³/mol. The van der Waals surface area contributed by atoms with Crippen molar-refractivity contribution in [3.63, 3.8) is 0 Å². The monoisotopic (exact) mass is 400 g/mol. The van der Waals surface area contributed by atoms with Gasteiger partial charge in [-0.15, -0.1) is 0 Å². The maximum atomic E-state index is 13.0. The molecule has 29 heavy (non-hydrogen) atoms. The van der Waals surface area contributed by atoms with Crippen LogP contribution in [0.4, 0.5) is 4.39 Å². The van der Waals surface area contributed by atoms with Crippen molar-refractivity contribution >= 4 is 5.91 Å². The van der Waals surface area contributed by atoms with Gasteiger partial charge in [-0.2, -0.15) is 0 Å². The van der Waals surface area contributed by atoms with Crippen molar-refractivity contribution in [3.8, 4) is 11.5 Å². The molecular formula is C23H29FN2O3. The molecule has 1 aliphatic rings. The lowest BCUT2D eigenvalue weighted by atomic mass is 10.1. The minimum absolute atomic E-state index is 0.123.